The summed E-state index contributed by atoms with van der Waals surface area (Å²) in [7, 11) is 0. The van der Waals surface area contributed by atoms with Crippen LogP contribution in [-0.4, -0.2) is 37.4 Å². The third-order valence-corrected chi connectivity index (χ3v) is 5.28. The lowest BCUT2D eigenvalue weighted by Crippen LogP contribution is -2.53. The van der Waals surface area contributed by atoms with Gasteiger partial charge in [-0.3, -0.25) is 0 Å². The van der Waals surface area contributed by atoms with Crippen LogP contribution in [-0.2, 0) is 0 Å². The molecule has 158 valence electrons. The summed E-state index contributed by atoms with van der Waals surface area (Å²) < 4.78 is 1.97. The molecule has 0 aromatic carbocycles. The molecule has 1 aliphatic heterocycles. The number of aromatic nitrogens is 5. The van der Waals surface area contributed by atoms with Crippen LogP contribution in [0.25, 0.3) is 5.65 Å². The number of nitrogens with one attached hydrogen (secondary N) is 2. The lowest BCUT2D eigenvalue weighted by Gasteiger charge is -2.46. The molecule has 0 bridgehead atoms. The van der Waals surface area contributed by atoms with Crippen molar-refractivity contribution in [2.45, 2.75) is 27.7 Å². The van der Waals surface area contributed by atoms with Crippen molar-refractivity contribution in [1.82, 2.24) is 24.3 Å². The summed E-state index contributed by atoms with van der Waals surface area (Å²) >= 11 is 0. The number of hydrogen-bond donors (Lipinski definition) is 2. The first-order valence-electron chi connectivity index (χ1n) is 10.4. The fraction of sp³-hybridized carbons (Fsp3) is 0.304. The van der Waals surface area contributed by atoms with E-state index in [0.29, 0.717) is 11.4 Å². The average molecular weight is 415 g/mol. The van der Waals surface area contributed by atoms with E-state index in [2.05, 4.69) is 46.3 Å². The molecular weight excluding hydrogens is 388 g/mol. The molecule has 0 atom stereocenters. The molecule has 0 unspecified atom stereocenters. The molecule has 1 saturated heterocycles. The Labute approximate surface area is 181 Å². The number of rotatable bonds is 5. The van der Waals surface area contributed by atoms with Crippen molar-refractivity contribution >= 4 is 34.7 Å². The van der Waals surface area contributed by atoms with Crippen molar-refractivity contribution < 1.29 is 0 Å². The molecule has 31 heavy (non-hydrogen) atoms. The molecule has 2 N–H and O–H groups in total. The van der Waals surface area contributed by atoms with Crippen LogP contribution in [0.1, 0.15) is 25.1 Å². The monoisotopic (exact) mass is 414 g/mol. The Bertz CT molecular complexity index is 1230. The number of hydrogen-bond acceptors (Lipinski definition) is 7. The van der Waals surface area contributed by atoms with Gasteiger partial charge in [0.1, 0.15) is 23.1 Å². The van der Waals surface area contributed by atoms with Crippen LogP contribution in [0.5, 0.6) is 0 Å². The van der Waals surface area contributed by atoms with E-state index in [-0.39, 0.29) is 0 Å². The largest absolute Gasteiger partial charge is 0.355 e. The topological polar surface area (TPSA) is 83.3 Å². The van der Waals surface area contributed by atoms with Gasteiger partial charge in [-0.25, -0.2) is 9.97 Å². The predicted molar refractivity (Wildman–Crippen MR) is 123 cm³/mol. The van der Waals surface area contributed by atoms with Crippen LogP contribution in [0.15, 0.2) is 48.9 Å². The molecule has 8 heteroatoms. The van der Waals surface area contributed by atoms with Crippen molar-refractivity contribution in [3.05, 3.63) is 60.2 Å². The molecule has 0 radical (unpaired) electrons. The van der Waals surface area contributed by atoms with Crippen molar-refractivity contribution in [3.63, 3.8) is 0 Å². The summed E-state index contributed by atoms with van der Waals surface area (Å²) in [6.45, 7) is 10.5. The van der Waals surface area contributed by atoms with Crippen LogP contribution in [0, 0.1) is 19.3 Å². The van der Waals surface area contributed by atoms with E-state index in [9.17, 15) is 0 Å². The van der Waals surface area contributed by atoms with E-state index in [1.165, 1.54) is 0 Å². The van der Waals surface area contributed by atoms with E-state index < -0.39 is 0 Å². The second-order valence-corrected chi connectivity index (χ2v) is 8.98. The minimum Gasteiger partial charge on any atom is -0.355 e. The van der Waals surface area contributed by atoms with Gasteiger partial charge in [0.15, 0.2) is 0 Å². The van der Waals surface area contributed by atoms with Crippen molar-refractivity contribution in [3.8, 4) is 0 Å². The van der Waals surface area contributed by atoms with Gasteiger partial charge in [-0.15, -0.1) is 0 Å². The van der Waals surface area contributed by atoms with Gasteiger partial charge in [0.2, 0.25) is 5.95 Å². The van der Waals surface area contributed by atoms with Gasteiger partial charge in [-0.05, 0) is 43.0 Å². The highest BCUT2D eigenvalue weighted by Crippen LogP contribution is 2.34. The molecule has 4 aromatic heterocycles. The standard InChI is InChI=1S/C23H26N8/c1-15-9-16(2)25-18(10-15)27-22-28-19(12-21(29-22)31-13-23(3,4)14-31)26-17-5-7-30-8-6-24-20(30)11-17/h5-12H,13-14H2,1-4H3,(H2,25,26,27,28,29). The number of fused-ring (bicyclic) bond motifs is 1. The minimum atomic E-state index is 0.299. The molecule has 1 aliphatic rings. The number of anilines is 5. The maximum Gasteiger partial charge on any atom is 0.232 e. The summed E-state index contributed by atoms with van der Waals surface area (Å²) in [5.74, 6) is 2.87. The van der Waals surface area contributed by atoms with Crippen molar-refractivity contribution in [2.75, 3.05) is 28.6 Å². The van der Waals surface area contributed by atoms with Crippen LogP contribution in [0.4, 0.5) is 29.1 Å². The third-order valence-electron chi connectivity index (χ3n) is 5.28. The Balaban J connectivity index is 1.47. The van der Waals surface area contributed by atoms with Crippen molar-refractivity contribution in [1.29, 1.82) is 0 Å². The summed E-state index contributed by atoms with van der Waals surface area (Å²) in [5.41, 5.74) is 4.19. The Morgan fingerprint density at radius 2 is 1.71 bits per heavy atom. The molecule has 0 saturated carbocycles. The van der Waals surface area contributed by atoms with Crippen molar-refractivity contribution in [2.24, 2.45) is 5.41 Å². The Hall–Kier alpha value is -3.68. The van der Waals surface area contributed by atoms with E-state index in [4.69, 9.17) is 9.97 Å². The molecule has 0 aliphatic carbocycles. The fourth-order valence-corrected chi connectivity index (χ4v) is 4.02. The van der Waals surface area contributed by atoms with E-state index in [1.807, 2.05) is 54.0 Å². The third kappa shape index (κ3) is 4.14. The highest BCUT2D eigenvalue weighted by molar-refractivity contribution is 5.66. The Morgan fingerprint density at radius 1 is 0.903 bits per heavy atom. The SMILES string of the molecule is Cc1cc(C)nc(Nc2nc(Nc3ccn4ccnc4c3)cc(N3CC(C)(C)C3)n2)c1. The molecule has 5 rings (SSSR count). The molecular formula is C23H26N8. The zero-order valence-electron chi connectivity index (χ0n) is 18.2. The predicted octanol–water partition coefficient (Wildman–Crippen LogP) is 4.47. The summed E-state index contributed by atoms with van der Waals surface area (Å²) in [6, 6.07) is 10.0. The lowest BCUT2D eigenvalue weighted by molar-refractivity contribution is 0.274. The van der Waals surface area contributed by atoms with Crippen LogP contribution >= 0.6 is 0 Å². The smallest absolute Gasteiger partial charge is 0.232 e. The Morgan fingerprint density at radius 3 is 2.48 bits per heavy atom. The second kappa shape index (κ2) is 7.23. The van der Waals surface area contributed by atoms with E-state index in [1.54, 1.807) is 6.20 Å². The van der Waals surface area contributed by atoms with E-state index >= 15 is 0 Å². The van der Waals surface area contributed by atoms with Gasteiger partial charge in [0.25, 0.3) is 0 Å². The zero-order valence-corrected chi connectivity index (χ0v) is 18.2. The normalized spacial score (nSPS) is 15.0. The summed E-state index contributed by atoms with van der Waals surface area (Å²) in [6.07, 6.45) is 5.68. The number of pyridine rings is 2. The fourth-order valence-electron chi connectivity index (χ4n) is 4.02. The van der Waals surface area contributed by atoms with Gasteiger partial charge >= 0.3 is 0 Å². The van der Waals surface area contributed by atoms with Crippen LogP contribution in [0.3, 0.4) is 0 Å². The summed E-state index contributed by atoms with van der Waals surface area (Å²) in [4.78, 5) is 20.7. The van der Waals surface area contributed by atoms with Gasteiger partial charge < -0.3 is 19.9 Å². The van der Waals surface area contributed by atoms with Crippen LogP contribution in [0.2, 0.25) is 0 Å². The highest BCUT2D eigenvalue weighted by Gasteiger charge is 2.35. The average Bonchev–Trinajstić information content (AvgIpc) is 3.13. The van der Waals surface area contributed by atoms with Gasteiger partial charge in [0, 0.05) is 55.2 Å². The number of imidazole rings is 1. The van der Waals surface area contributed by atoms with Gasteiger partial charge in [-0.1, -0.05) is 13.8 Å². The minimum absolute atomic E-state index is 0.299. The van der Waals surface area contributed by atoms with Gasteiger partial charge in [-0.2, -0.15) is 9.97 Å². The molecule has 0 amide bonds. The Kier molecular flexibility index (Phi) is 4.50. The first-order chi connectivity index (χ1) is 14.8. The molecule has 0 spiro atoms. The molecule has 5 heterocycles. The maximum atomic E-state index is 4.77. The number of aryl methyl sites for hydroxylation is 2. The zero-order chi connectivity index (χ0) is 21.6. The van der Waals surface area contributed by atoms with E-state index in [0.717, 1.165) is 53.1 Å². The molecule has 4 aromatic rings. The number of nitrogens with zero attached hydrogens (tertiary/aromatic N) is 6. The second-order valence-electron chi connectivity index (χ2n) is 8.98. The first kappa shape index (κ1) is 19.3. The van der Waals surface area contributed by atoms with Crippen LogP contribution < -0.4 is 15.5 Å². The quantitative estimate of drug-likeness (QED) is 0.498. The first-order valence-corrected chi connectivity index (χ1v) is 10.4. The lowest BCUT2D eigenvalue weighted by atomic mass is 9.84. The maximum absolute atomic E-state index is 4.77. The molecule has 1 fully saturated rings. The molecule has 8 nitrogen and oxygen atoms in total. The highest BCUT2D eigenvalue weighted by atomic mass is 15.3. The summed E-state index contributed by atoms with van der Waals surface area (Å²) in [5, 5.41) is 6.69. The van der Waals surface area contributed by atoms with Gasteiger partial charge in [0.05, 0.1) is 0 Å².